The van der Waals surface area contributed by atoms with E-state index in [1.165, 1.54) is 6.42 Å². The van der Waals surface area contributed by atoms with Crippen molar-refractivity contribution in [3.63, 3.8) is 0 Å². The summed E-state index contributed by atoms with van der Waals surface area (Å²) in [7, 11) is 0. The number of terminal acetylenes is 1. The van der Waals surface area contributed by atoms with Crippen molar-refractivity contribution < 1.29 is 4.79 Å². The number of carbonyl (C=O) groups is 1. The Balaban J connectivity index is 2.72. The highest BCUT2D eigenvalue weighted by atomic mass is 35.5. The average Bonchev–Trinajstić information content (AvgIpc) is 2.42. The second-order valence-electron chi connectivity index (χ2n) is 4.30. The van der Waals surface area contributed by atoms with Gasteiger partial charge in [-0.25, -0.2) is 4.79 Å². The van der Waals surface area contributed by atoms with Crippen LogP contribution in [0.5, 0.6) is 0 Å². The number of alkyl halides is 1. The quantitative estimate of drug-likeness (QED) is 0.334. The van der Waals surface area contributed by atoms with Crippen LogP contribution in [0.1, 0.15) is 32.1 Å². The molecule has 1 fully saturated rings. The summed E-state index contributed by atoms with van der Waals surface area (Å²) in [5, 5.41) is 3.56. The first-order valence-corrected chi connectivity index (χ1v) is 6.69. The molecule has 0 atom stereocenters. The Morgan fingerprint density at radius 2 is 2.06 bits per heavy atom. The van der Waals surface area contributed by atoms with Crippen LogP contribution in [-0.4, -0.2) is 41.0 Å². The molecule has 0 aromatic rings. The van der Waals surface area contributed by atoms with E-state index in [1.807, 2.05) is 0 Å². The fourth-order valence-corrected chi connectivity index (χ4v) is 2.40. The molecule has 0 heterocycles. The molecule has 100 valence electrons. The number of rotatable bonds is 5. The number of hydrogen-bond acceptors (Lipinski definition) is 3. The van der Waals surface area contributed by atoms with E-state index in [0.29, 0.717) is 0 Å². The van der Waals surface area contributed by atoms with Crippen LogP contribution in [0.2, 0.25) is 0 Å². The zero-order valence-corrected chi connectivity index (χ0v) is 11.1. The third-order valence-electron chi connectivity index (χ3n) is 3.14. The van der Waals surface area contributed by atoms with Gasteiger partial charge in [0.1, 0.15) is 0 Å². The van der Waals surface area contributed by atoms with Gasteiger partial charge in [0.15, 0.2) is 0 Å². The Labute approximate surface area is 112 Å². The van der Waals surface area contributed by atoms with Crippen molar-refractivity contribution in [3.05, 3.63) is 4.91 Å². The molecule has 18 heavy (non-hydrogen) atoms. The van der Waals surface area contributed by atoms with E-state index < -0.39 is 6.03 Å². The van der Waals surface area contributed by atoms with Gasteiger partial charge in [-0.15, -0.1) is 22.9 Å². The molecule has 6 heteroatoms. The number of nitroso groups, excluding NO2 is 1. The Hall–Kier alpha value is -1.28. The summed E-state index contributed by atoms with van der Waals surface area (Å²) >= 11 is 5.54. The molecule has 1 aliphatic rings. The summed E-state index contributed by atoms with van der Waals surface area (Å²) in [6, 6.07) is -0.322. The molecular weight excluding hydrogens is 254 g/mol. The summed E-state index contributed by atoms with van der Waals surface area (Å²) in [5.41, 5.74) is 0. The van der Waals surface area contributed by atoms with E-state index in [2.05, 4.69) is 11.2 Å². The van der Waals surface area contributed by atoms with E-state index in [9.17, 15) is 9.70 Å². The van der Waals surface area contributed by atoms with Crippen LogP contribution in [0, 0.1) is 17.3 Å². The average molecular weight is 272 g/mol. The topological polar surface area (TPSA) is 53.0 Å². The number of urea groups is 1. The number of nitrogens with zero attached hydrogens (tertiary/aromatic N) is 3. The van der Waals surface area contributed by atoms with Crippen molar-refractivity contribution in [1.29, 1.82) is 0 Å². The predicted octanol–water partition coefficient (Wildman–Crippen LogP) is 2.60. The van der Waals surface area contributed by atoms with E-state index in [0.717, 1.165) is 30.7 Å². The van der Waals surface area contributed by atoms with E-state index in [1.54, 1.807) is 4.90 Å². The minimum atomic E-state index is -0.435. The molecule has 0 radical (unpaired) electrons. The molecule has 1 aliphatic carbocycles. The molecule has 1 saturated carbocycles. The van der Waals surface area contributed by atoms with Gasteiger partial charge < -0.3 is 4.90 Å². The Morgan fingerprint density at radius 3 is 2.56 bits per heavy atom. The lowest BCUT2D eigenvalue weighted by molar-refractivity contribution is 0.130. The molecule has 0 saturated heterocycles. The van der Waals surface area contributed by atoms with Gasteiger partial charge >= 0.3 is 6.03 Å². The number of hydrogen-bond donors (Lipinski definition) is 0. The van der Waals surface area contributed by atoms with Crippen LogP contribution in [-0.2, 0) is 0 Å². The van der Waals surface area contributed by atoms with E-state index >= 15 is 0 Å². The first-order valence-electron chi connectivity index (χ1n) is 6.15. The molecule has 0 N–H and O–H groups in total. The standard InChI is InChI=1S/C12H18ClN3O2/c1-2-9-15(11-6-4-3-5-7-11)12(17)16(14-18)10-8-13/h1,11H,3-10H2. The largest absolute Gasteiger partial charge is 0.344 e. The summed E-state index contributed by atoms with van der Waals surface area (Å²) < 4.78 is 0. The van der Waals surface area contributed by atoms with Gasteiger partial charge in [-0.3, -0.25) is 0 Å². The fraction of sp³-hybridized carbons (Fsp3) is 0.750. The van der Waals surface area contributed by atoms with Crippen LogP contribution in [0.4, 0.5) is 4.79 Å². The smallest absolute Gasteiger partial charge is 0.309 e. The number of amides is 2. The third kappa shape index (κ3) is 3.88. The van der Waals surface area contributed by atoms with Gasteiger partial charge in [0.05, 0.1) is 18.4 Å². The summed E-state index contributed by atoms with van der Waals surface area (Å²) in [6.45, 7) is 0.315. The van der Waals surface area contributed by atoms with Gasteiger partial charge in [0.2, 0.25) is 0 Å². The van der Waals surface area contributed by atoms with Crippen molar-refractivity contribution in [2.45, 2.75) is 38.1 Å². The van der Waals surface area contributed by atoms with Crippen LogP contribution in [0.25, 0.3) is 0 Å². The SMILES string of the molecule is C#CCN(C(=O)N(CCCl)N=O)C1CCCCC1. The van der Waals surface area contributed by atoms with Crippen molar-refractivity contribution in [1.82, 2.24) is 9.91 Å². The van der Waals surface area contributed by atoms with Gasteiger partial charge in [0.25, 0.3) is 0 Å². The lowest BCUT2D eigenvalue weighted by atomic mass is 9.94. The highest BCUT2D eigenvalue weighted by Gasteiger charge is 2.28. The zero-order valence-electron chi connectivity index (χ0n) is 10.3. The first kappa shape index (κ1) is 14.8. The van der Waals surface area contributed by atoms with Crippen molar-refractivity contribution >= 4 is 17.6 Å². The number of halogens is 1. The summed E-state index contributed by atoms with van der Waals surface area (Å²) in [4.78, 5) is 24.4. The number of carbonyl (C=O) groups excluding carboxylic acids is 1. The monoisotopic (exact) mass is 271 g/mol. The van der Waals surface area contributed by atoms with Crippen LogP contribution in [0.3, 0.4) is 0 Å². The molecule has 1 rings (SSSR count). The molecule has 0 aliphatic heterocycles. The summed E-state index contributed by atoms with van der Waals surface area (Å²) in [6.07, 6.45) is 10.5. The molecule has 0 spiro atoms. The Bertz CT molecular complexity index is 324. The zero-order chi connectivity index (χ0) is 13.4. The Morgan fingerprint density at radius 1 is 1.39 bits per heavy atom. The normalized spacial score (nSPS) is 15.8. The molecule has 2 amide bonds. The molecular formula is C12H18ClN3O2. The molecule has 0 bridgehead atoms. The highest BCUT2D eigenvalue weighted by molar-refractivity contribution is 6.18. The Kier molecular flexibility index (Phi) is 6.51. The van der Waals surface area contributed by atoms with Gasteiger partial charge in [0, 0.05) is 11.9 Å². The third-order valence-corrected chi connectivity index (χ3v) is 3.31. The lowest BCUT2D eigenvalue weighted by Crippen LogP contribution is -2.47. The van der Waals surface area contributed by atoms with Crippen molar-refractivity contribution in [3.8, 4) is 12.3 Å². The molecule has 0 aromatic heterocycles. The maximum atomic E-state index is 12.2. The van der Waals surface area contributed by atoms with E-state index in [4.69, 9.17) is 18.0 Å². The predicted molar refractivity (Wildman–Crippen MR) is 71.0 cm³/mol. The van der Waals surface area contributed by atoms with Gasteiger partial charge in [-0.1, -0.05) is 25.2 Å². The van der Waals surface area contributed by atoms with Gasteiger partial charge in [-0.05, 0) is 12.8 Å². The molecule has 0 unspecified atom stereocenters. The maximum Gasteiger partial charge on any atom is 0.344 e. The second kappa shape index (κ2) is 7.93. The maximum absolute atomic E-state index is 12.2. The van der Waals surface area contributed by atoms with Crippen LogP contribution in [0.15, 0.2) is 5.29 Å². The fourth-order valence-electron chi connectivity index (χ4n) is 2.24. The van der Waals surface area contributed by atoms with Crippen LogP contribution >= 0.6 is 11.6 Å². The molecule has 5 nitrogen and oxygen atoms in total. The molecule has 0 aromatic carbocycles. The first-order chi connectivity index (χ1) is 8.74. The van der Waals surface area contributed by atoms with E-state index in [-0.39, 0.29) is 25.0 Å². The van der Waals surface area contributed by atoms with Gasteiger partial charge in [-0.2, -0.15) is 5.01 Å². The second-order valence-corrected chi connectivity index (χ2v) is 4.68. The van der Waals surface area contributed by atoms with Crippen LogP contribution < -0.4 is 0 Å². The van der Waals surface area contributed by atoms with Crippen molar-refractivity contribution in [2.24, 2.45) is 5.29 Å². The van der Waals surface area contributed by atoms with Crippen molar-refractivity contribution in [2.75, 3.05) is 19.0 Å². The highest BCUT2D eigenvalue weighted by Crippen LogP contribution is 2.23. The minimum Gasteiger partial charge on any atom is -0.309 e. The summed E-state index contributed by atoms with van der Waals surface area (Å²) in [5.74, 6) is 2.64. The lowest BCUT2D eigenvalue weighted by Gasteiger charge is -2.34. The minimum absolute atomic E-state index is 0.109.